The molecule has 0 radical (unpaired) electrons. The van der Waals surface area contributed by atoms with Crippen molar-refractivity contribution in [3.05, 3.63) is 109 Å². The lowest BCUT2D eigenvalue weighted by Crippen LogP contribution is -2.17. The number of nitrogens with one attached hydrogen (secondary N) is 3. The number of pyridine rings is 1. The van der Waals surface area contributed by atoms with Crippen molar-refractivity contribution in [2.24, 2.45) is 0 Å². The molecule has 5 rings (SSSR count). The van der Waals surface area contributed by atoms with Gasteiger partial charge in [0.05, 0.1) is 11.9 Å². The van der Waals surface area contributed by atoms with Crippen LogP contribution < -0.4 is 20.7 Å². The van der Waals surface area contributed by atoms with Gasteiger partial charge in [0, 0.05) is 42.3 Å². The van der Waals surface area contributed by atoms with Crippen molar-refractivity contribution in [1.29, 1.82) is 0 Å². The minimum atomic E-state index is -0.223. The second kappa shape index (κ2) is 10.5. The number of ether oxygens (including phenoxy) is 1. The molecular weight excluding hydrogens is 468 g/mol. The first-order valence-electron chi connectivity index (χ1n) is 11.4. The molecule has 2 aromatic heterocycles. The van der Waals surface area contributed by atoms with Crippen molar-refractivity contribution in [2.75, 3.05) is 17.7 Å². The lowest BCUT2D eigenvalue weighted by molar-refractivity contribution is 0.0962. The molecule has 0 unspecified atom stereocenters. The molecule has 2 amide bonds. The van der Waals surface area contributed by atoms with Crippen LogP contribution >= 0.6 is 0 Å². The zero-order valence-corrected chi connectivity index (χ0v) is 19.8. The van der Waals surface area contributed by atoms with Crippen LogP contribution in [0.15, 0.2) is 97.5 Å². The SMILES string of the molecule is CNC(=O)c1cccc(Nc2nccc(Oc3ccc4c(C(=O)Nc5cccnc5)cccc4c3)n2)c1. The molecule has 0 spiro atoms. The first kappa shape index (κ1) is 23.4. The number of anilines is 3. The molecule has 0 saturated carbocycles. The number of hydrogen-bond donors (Lipinski definition) is 3. The van der Waals surface area contributed by atoms with Crippen LogP contribution in [0.25, 0.3) is 10.8 Å². The van der Waals surface area contributed by atoms with Gasteiger partial charge in [-0.05, 0) is 65.4 Å². The number of benzene rings is 3. The molecule has 5 aromatic rings. The number of carbonyl (C=O) groups excluding carboxylic acids is 2. The predicted molar refractivity (Wildman–Crippen MR) is 141 cm³/mol. The van der Waals surface area contributed by atoms with E-state index in [0.29, 0.717) is 40.1 Å². The Morgan fingerprint density at radius 1 is 0.838 bits per heavy atom. The van der Waals surface area contributed by atoms with Crippen molar-refractivity contribution in [3.8, 4) is 11.6 Å². The Bertz CT molecular complexity index is 1590. The van der Waals surface area contributed by atoms with Gasteiger partial charge in [0.15, 0.2) is 0 Å². The fourth-order valence-electron chi connectivity index (χ4n) is 3.75. The Kier molecular flexibility index (Phi) is 6.67. The smallest absolute Gasteiger partial charge is 0.256 e. The maximum atomic E-state index is 12.9. The Morgan fingerprint density at radius 3 is 2.54 bits per heavy atom. The van der Waals surface area contributed by atoms with E-state index in [1.165, 1.54) is 0 Å². The summed E-state index contributed by atoms with van der Waals surface area (Å²) in [7, 11) is 1.58. The third kappa shape index (κ3) is 5.51. The zero-order valence-electron chi connectivity index (χ0n) is 19.8. The summed E-state index contributed by atoms with van der Waals surface area (Å²) in [4.78, 5) is 37.4. The fraction of sp³-hybridized carbons (Fsp3) is 0.0357. The maximum Gasteiger partial charge on any atom is 0.256 e. The van der Waals surface area contributed by atoms with Crippen LogP contribution in [0, 0.1) is 0 Å². The van der Waals surface area contributed by atoms with Crippen molar-refractivity contribution >= 4 is 39.9 Å². The van der Waals surface area contributed by atoms with Gasteiger partial charge in [0.2, 0.25) is 11.8 Å². The van der Waals surface area contributed by atoms with Crippen LogP contribution in [0.4, 0.5) is 17.3 Å². The van der Waals surface area contributed by atoms with Gasteiger partial charge >= 0.3 is 0 Å². The molecular formula is C28H22N6O3. The highest BCUT2D eigenvalue weighted by Crippen LogP contribution is 2.28. The number of carbonyl (C=O) groups is 2. The van der Waals surface area contributed by atoms with Crippen LogP contribution in [-0.2, 0) is 0 Å². The minimum absolute atomic E-state index is 0.185. The Balaban J connectivity index is 1.33. The molecule has 3 N–H and O–H groups in total. The van der Waals surface area contributed by atoms with E-state index in [9.17, 15) is 9.59 Å². The van der Waals surface area contributed by atoms with Crippen LogP contribution in [0.1, 0.15) is 20.7 Å². The molecule has 0 aliphatic rings. The third-order valence-corrected chi connectivity index (χ3v) is 5.48. The predicted octanol–water partition coefficient (Wildman–Crippen LogP) is 5.17. The second-order valence-electron chi connectivity index (χ2n) is 7.99. The Morgan fingerprint density at radius 2 is 1.70 bits per heavy atom. The van der Waals surface area contributed by atoms with E-state index in [1.807, 2.05) is 30.3 Å². The first-order valence-corrected chi connectivity index (χ1v) is 11.4. The van der Waals surface area contributed by atoms with E-state index in [2.05, 4.69) is 30.9 Å². The molecule has 3 aromatic carbocycles. The topological polar surface area (TPSA) is 118 Å². The fourth-order valence-corrected chi connectivity index (χ4v) is 3.75. The van der Waals surface area contributed by atoms with E-state index in [1.54, 1.807) is 74.2 Å². The quantitative estimate of drug-likeness (QED) is 0.288. The molecule has 2 heterocycles. The van der Waals surface area contributed by atoms with Gasteiger partial charge in [-0.15, -0.1) is 0 Å². The average Bonchev–Trinajstić information content (AvgIpc) is 2.93. The average molecular weight is 491 g/mol. The monoisotopic (exact) mass is 490 g/mol. The van der Waals surface area contributed by atoms with Gasteiger partial charge in [-0.2, -0.15) is 4.98 Å². The first-order chi connectivity index (χ1) is 18.1. The highest BCUT2D eigenvalue weighted by molar-refractivity contribution is 6.13. The van der Waals surface area contributed by atoms with Crippen molar-refractivity contribution in [3.63, 3.8) is 0 Å². The van der Waals surface area contributed by atoms with E-state index >= 15 is 0 Å². The lowest BCUT2D eigenvalue weighted by Gasteiger charge is -2.11. The summed E-state index contributed by atoms with van der Waals surface area (Å²) in [6.45, 7) is 0. The molecule has 0 bridgehead atoms. The van der Waals surface area contributed by atoms with Crippen LogP contribution in [0.5, 0.6) is 11.6 Å². The van der Waals surface area contributed by atoms with Gasteiger partial charge in [-0.25, -0.2) is 4.98 Å². The number of nitrogens with zero attached hydrogens (tertiary/aromatic N) is 3. The summed E-state index contributed by atoms with van der Waals surface area (Å²) >= 11 is 0. The van der Waals surface area contributed by atoms with Crippen molar-refractivity contribution in [2.45, 2.75) is 0 Å². The highest BCUT2D eigenvalue weighted by atomic mass is 16.5. The van der Waals surface area contributed by atoms with Crippen LogP contribution in [0.2, 0.25) is 0 Å². The Hall–Kier alpha value is -5.31. The van der Waals surface area contributed by atoms with E-state index < -0.39 is 0 Å². The maximum absolute atomic E-state index is 12.9. The summed E-state index contributed by atoms with van der Waals surface area (Å²) in [6, 6.07) is 23.2. The summed E-state index contributed by atoms with van der Waals surface area (Å²) < 4.78 is 5.98. The van der Waals surface area contributed by atoms with E-state index in [4.69, 9.17) is 4.74 Å². The second-order valence-corrected chi connectivity index (χ2v) is 7.99. The summed E-state index contributed by atoms with van der Waals surface area (Å²) in [6.07, 6.45) is 4.82. The standard InChI is InChI=1S/C28H22N6O3/c1-29-26(35)19-6-2-7-20(15-19)33-28-31-14-12-25(34-28)37-22-10-11-23-18(16-22)5-3-9-24(23)27(36)32-21-8-4-13-30-17-21/h2-17H,1H3,(H,29,35)(H,32,36)(H,31,33,34). The molecule has 0 aliphatic heterocycles. The molecule has 0 fully saturated rings. The normalized spacial score (nSPS) is 10.5. The molecule has 0 aliphatic carbocycles. The molecule has 0 saturated heterocycles. The minimum Gasteiger partial charge on any atom is -0.439 e. The van der Waals surface area contributed by atoms with Crippen LogP contribution in [0.3, 0.4) is 0 Å². The van der Waals surface area contributed by atoms with E-state index in [0.717, 1.165) is 10.8 Å². The molecule has 9 nitrogen and oxygen atoms in total. The number of amides is 2. The summed E-state index contributed by atoms with van der Waals surface area (Å²) in [5, 5.41) is 10.2. The summed E-state index contributed by atoms with van der Waals surface area (Å²) in [5.41, 5.74) is 2.35. The molecule has 37 heavy (non-hydrogen) atoms. The van der Waals surface area contributed by atoms with Gasteiger partial charge in [-0.1, -0.05) is 18.2 Å². The van der Waals surface area contributed by atoms with Crippen molar-refractivity contribution < 1.29 is 14.3 Å². The number of fused-ring (bicyclic) bond motifs is 1. The number of hydrogen-bond acceptors (Lipinski definition) is 7. The van der Waals surface area contributed by atoms with Gasteiger partial charge in [-0.3, -0.25) is 14.6 Å². The highest BCUT2D eigenvalue weighted by Gasteiger charge is 2.12. The number of aromatic nitrogens is 3. The largest absolute Gasteiger partial charge is 0.439 e. The molecule has 182 valence electrons. The number of rotatable bonds is 7. The van der Waals surface area contributed by atoms with Crippen molar-refractivity contribution in [1.82, 2.24) is 20.3 Å². The van der Waals surface area contributed by atoms with Gasteiger partial charge in [0.1, 0.15) is 5.75 Å². The lowest BCUT2D eigenvalue weighted by atomic mass is 10.0. The van der Waals surface area contributed by atoms with Gasteiger partial charge < -0.3 is 20.7 Å². The third-order valence-electron chi connectivity index (χ3n) is 5.48. The Labute approximate surface area is 212 Å². The van der Waals surface area contributed by atoms with Gasteiger partial charge in [0.25, 0.3) is 11.8 Å². The molecule has 9 heteroatoms. The summed E-state index contributed by atoms with van der Waals surface area (Å²) in [5.74, 6) is 0.810. The van der Waals surface area contributed by atoms with E-state index in [-0.39, 0.29) is 11.8 Å². The van der Waals surface area contributed by atoms with Crippen LogP contribution in [-0.4, -0.2) is 33.8 Å². The zero-order chi connectivity index (χ0) is 25.6. The molecule has 0 atom stereocenters.